The molecule has 0 spiro atoms. The highest BCUT2D eigenvalue weighted by atomic mass is 16.5. The lowest BCUT2D eigenvalue weighted by atomic mass is 10.4. The molecule has 1 amide bonds. The van der Waals surface area contributed by atoms with Crippen LogP contribution in [0.1, 0.15) is 19.8 Å². The average molecular weight is 214 g/mol. The fourth-order valence-corrected chi connectivity index (χ4v) is 1.60. The first-order valence-electron chi connectivity index (χ1n) is 5.41. The molecule has 5 nitrogen and oxygen atoms in total. The highest BCUT2D eigenvalue weighted by Crippen LogP contribution is 2.05. The zero-order chi connectivity index (χ0) is 11.1. The lowest BCUT2D eigenvalue weighted by molar-refractivity contribution is -0.154. The van der Waals surface area contributed by atoms with E-state index in [1.165, 1.54) is 12.8 Å². The Morgan fingerprint density at radius 3 is 2.60 bits per heavy atom. The van der Waals surface area contributed by atoms with Gasteiger partial charge in [-0.2, -0.15) is 0 Å². The van der Waals surface area contributed by atoms with Crippen LogP contribution in [0.4, 0.5) is 0 Å². The molecule has 1 aliphatic rings. The standard InChI is InChI=1S/C10H18N2O3/c1-2-15-10(14)9(13)11-5-8-12-6-3-4-7-12/h2-8H2,1H3,(H,11,13). The number of carbonyl (C=O) groups is 2. The van der Waals surface area contributed by atoms with Gasteiger partial charge in [0.15, 0.2) is 0 Å². The summed E-state index contributed by atoms with van der Waals surface area (Å²) in [5.74, 6) is -1.44. The first-order chi connectivity index (χ1) is 7.24. The van der Waals surface area contributed by atoms with Crippen LogP contribution in [0.3, 0.4) is 0 Å². The monoisotopic (exact) mass is 214 g/mol. The predicted octanol–water partition coefficient (Wildman–Crippen LogP) is -0.238. The van der Waals surface area contributed by atoms with Crippen LogP contribution in [-0.2, 0) is 14.3 Å². The molecule has 0 radical (unpaired) electrons. The maximum absolute atomic E-state index is 11.1. The van der Waals surface area contributed by atoms with Gasteiger partial charge in [0.2, 0.25) is 0 Å². The minimum atomic E-state index is -0.793. The zero-order valence-electron chi connectivity index (χ0n) is 9.12. The van der Waals surface area contributed by atoms with Crippen molar-refractivity contribution in [2.24, 2.45) is 0 Å². The van der Waals surface area contributed by atoms with E-state index in [1.807, 2.05) is 0 Å². The smallest absolute Gasteiger partial charge is 0.396 e. The third kappa shape index (κ3) is 4.29. The van der Waals surface area contributed by atoms with Gasteiger partial charge in [0.05, 0.1) is 6.61 Å². The fraction of sp³-hybridized carbons (Fsp3) is 0.800. The van der Waals surface area contributed by atoms with Gasteiger partial charge in [0, 0.05) is 13.1 Å². The Balaban J connectivity index is 2.08. The number of esters is 1. The second-order valence-electron chi connectivity index (χ2n) is 3.53. The largest absolute Gasteiger partial charge is 0.459 e. The summed E-state index contributed by atoms with van der Waals surface area (Å²) in [6.45, 7) is 5.42. The van der Waals surface area contributed by atoms with E-state index in [4.69, 9.17) is 0 Å². The van der Waals surface area contributed by atoms with Gasteiger partial charge in [0.25, 0.3) is 0 Å². The summed E-state index contributed by atoms with van der Waals surface area (Å²) >= 11 is 0. The van der Waals surface area contributed by atoms with E-state index in [0.717, 1.165) is 19.6 Å². The van der Waals surface area contributed by atoms with Crippen LogP contribution in [0.25, 0.3) is 0 Å². The molecule has 0 aromatic rings. The van der Waals surface area contributed by atoms with E-state index in [0.29, 0.717) is 6.54 Å². The van der Waals surface area contributed by atoms with E-state index in [-0.39, 0.29) is 6.61 Å². The van der Waals surface area contributed by atoms with Crippen molar-refractivity contribution in [2.45, 2.75) is 19.8 Å². The Kier molecular flexibility index (Phi) is 5.10. The van der Waals surface area contributed by atoms with E-state index in [1.54, 1.807) is 6.92 Å². The van der Waals surface area contributed by atoms with E-state index >= 15 is 0 Å². The topological polar surface area (TPSA) is 58.6 Å². The van der Waals surface area contributed by atoms with Crippen molar-refractivity contribution >= 4 is 11.9 Å². The van der Waals surface area contributed by atoms with Gasteiger partial charge in [-0.25, -0.2) is 4.79 Å². The first kappa shape index (κ1) is 12.0. The molecule has 0 unspecified atom stereocenters. The van der Waals surface area contributed by atoms with Gasteiger partial charge in [-0.15, -0.1) is 0 Å². The number of hydrogen-bond acceptors (Lipinski definition) is 4. The molecule has 5 heteroatoms. The highest BCUT2D eigenvalue weighted by molar-refractivity contribution is 6.32. The number of amides is 1. The molecule has 1 rings (SSSR count). The van der Waals surface area contributed by atoms with Crippen molar-refractivity contribution in [2.75, 3.05) is 32.8 Å². The Morgan fingerprint density at radius 2 is 2.00 bits per heavy atom. The molecule has 0 saturated carbocycles. The Hall–Kier alpha value is -1.10. The van der Waals surface area contributed by atoms with Crippen LogP contribution < -0.4 is 5.32 Å². The zero-order valence-corrected chi connectivity index (χ0v) is 9.12. The van der Waals surface area contributed by atoms with Crippen LogP contribution in [-0.4, -0.2) is 49.6 Å². The fourth-order valence-electron chi connectivity index (χ4n) is 1.60. The molecule has 0 aliphatic carbocycles. The number of hydrogen-bond donors (Lipinski definition) is 1. The van der Waals surface area contributed by atoms with Crippen LogP contribution in [0.15, 0.2) is 0 Å². The minimum Gasteiger partial charge on any atom is -0.459 e. The molecule has 1 heterocycles. The van der Waals surface area contributed by atoms with Crippen molar-refractivity contribution in [3.05, 3.63) is 0 Å². The number of ether oxygens (including phenoxy) is 1. The summed E-state index contributed by atoms with van der Waals surface area (Å²) in [7, 11) is 0. The Labute approximate surface area is 89.8 Å². The lowest BCUT2D eigenvalue weighted by Gasteiger charge is -2.14. The maximum atomic E-state index is 11.1. The molecular formula is C10H18N2O3. The Morgan fingerprint density at radius 1 is 1.33 bits per heavy atom. The molecule has 0 bridgehead atoms. The first-order valence-corrected chi connectivity index (χ1v) is 5.41. The minimum absolute atomic E-state index is 0.235. The number of likely N-dealkylation sites (tertiary alicyclic amines) is 1. The third-order valence-electron chi connectivity index (χ3n) is 2.37. The highest BCUT2D eigenvalue weighted by Gasteiger charge is 2.15. The van der Waals surface area contributed by atoms with Gasteiger partial charge >= 0.3 is 11.9 Å². The van der Waals surface area contributed by atoms with E-state index in [2.05, 4.69) is 15.0 Å². The predicted molar refractivity (Wildman–Crippen MR) is 55.3 cm³/mol. The SMILES string of the molecule is CCOC(=O)C(=O)NCCN1CCCC1. The summed E-state index contributed by atoms with van der Waals surface area (Å²) in [5.41, 5.74) is 0. The van der Waals surface area contributed by atoms with Crippen LogP contribution in [0.2, 0.25) is 0 Å². The second-order valence-corrected chi connectivity index (χ2v) is 3.53. The molecule has 86 valence electrons. The molecule has 1 aliphatic heterocycles. The molecule has 1 fully saturated rings. The average Bonchev–Trinajstić information content (AvgIpc) is 2.71. The van der Waals surface area contributed by atoms with Gasteiger partial charge in [-0.05, 0) is 32.9 Å². The summed E-state index contributed by atoms with van der Waals surface area (Å²) < 4.78 is 4.56. The number of rotatable bonds is 4. The van der Waals surface area contributed by atoms with Crippen molar-refractivity contribution < 1.29 is 14.3 Å². The van der Waals surface area contributed by atoms with Crippen molar-refractivity contribution in [1.29, 1.82) is 0 Å². The molecule has 0 atom stereocenters. The maximum Gasteiger partial charge on any atom is 0.396 e. The molecule has 15 heavy (non-hydrogen) atoms. The van der Waals surface area contributed by atoms with Crippen LogP contribution in [0.5, 0.6) is 0 Å². The van der Waals surface area contributed by atoms with Crippen molar-refractivity contribution in [1.82, 2.24) is 10.2 Å². The number of nitrogens with zero attached hydrogens (tertiary/aromatic N) is 1. The summed E-state index contributed by atoms with van der Waals surface area (Å²) in [6, 6.07) is 0. The van der Waals surface area contributed by atoms with Crippen molar-refractivity contribution in [3.8, 4) is 0 Å². The molecular weight excluding hydrogens is 196 g/mol. The third-order valence-corrected chi connectivity index (χ3v) is 2.37. The van der Waals surface area contributed by atoms with Crippen molar-refractivity contribution in [3.63, 3.8) is 0 Å². The normalized spacial score (nSPS) is 16.3. The van der Waals surface area contributed by atoms with E-state index in [9.17, 15) is 9.59 Å². The molecule has 1 N–H and O–H groups in total. The summed E-state index contributed by atoms with van der Waals surface area (Å²) in [6.07, 6.45) is 2.46. The van der Waals surface area contributed by atoms with Crippen LogP contribution in [0, 0.1) is 0 Å². The van der Waals surface area contributed by atoms with Gasteiger partial charge in [0.1, 0.15) is 0 Å². The van der Waals surface area contributed by atoms with Crippen LogP contribution >= 0.6 is 0 Å². The Bertz CT molecular complexity index is 225. The van der Waals surface area contributed by atoms with Gasteiger partial charge < -0.3 is 15.0 Å². The van der Waals surface area contributed by atoms with Gasteiger partial charge in [-0.3, -0.25) is 4.79 Å². The number of nitrogens with one attached hydrogen (secondary N) is 1. The molecule has 0 aromatic heterocycles. The van der Waals surface area contributed by atoms with E-state index < -0.39 is 11.9 Å². The number of carbonyl (C=O) groups excluding carboxylic acids is 2. The molecule has 1 saturated heterocycles. The quantitative estimate of drug-likeness (QED) is 0.518. The second kappa shape index (κ2) is 6.40. The summed E-state index contributed by atoms with van der Waals surface area (Å²) in [5, 5.41) is 2.54. The summed E-state index contributed by atoms with van der Waals surface area (Å²) in [4.78, 5) is 24.3. The molecule has 0 aromatic carbocycles. The lowest BCUT2D eigenvalue weighted by Crippen LogP contribution is -2.37. The van der Waals surface area contributed by atoms with Gasteiger partial charge in [-0.1, -0.05) is 0 Å².